The van der Waals surface area contributed by atoms with E-state index >= 15 is 0 Å². The normalized spacial score (nSPS) is 16.0. The van der Waals surface area contributed by atoms with Gasteiger partial charge in [0.15, 0.2) is 0 Å². The van der Waals surface area contributed by atoms with Crippen LogP contribution in [0, 0.1) is 11.3 Å². The first-order valence-corrected chi connectivity index (χ1v) is 10.2. The molecule has 7 nitrogen and oxygen atoms in total. The Morgan fingerprint density at radius 1 is 1.39 bits per heavy atom. The van der Waals surface area contributed by atoms with Crippen LogP contribution in [0.2, 0.25) is 0 Å². The predicted octanol–water partition coefficient (Wildman–Crippen LogP) is 3.48. The average Bonchev–Trinajstić information content (AvgIpc) is 3.06. The van der Waals surface area contributed by atoms with Gasteiger partial charge in [-0.15, -0.1) is 11.3 Å². The van der Waals surface area contributed by atoms with Crippen LogP contribution in [0.3, 0.4) is 0 Å². The predicted molar refractivity (Wildman–Crippen MR) is 115 cm³/mol. The van der Waals surface area contributed by atoms with Crippen LogP contribution >= 0.6 is 11.3 Å². The van der Waals surface area contributed by atoms with E-state index in [0.29, 0.717) is 41.8 Å². The summed E-state index contributed by atoms with van der Waals surface area (Å²) < 4.78 is 5.78. The molecule has 1 aliphatic rings. The molecule has 1 unspecified atom stereocenters. The van der Waals surface area contributed by atoms with E-state index in [1.54, 1.807) is 23.7 Å². The maximum Gasteiger partial charge on any atom is 0.144 e. The zero-order chi connectivity index (χ0) is 19.7. The average molecular weight is 397 g/mol. The minimum Gasteiger partial charge on any atom is -0.490 e. The van der Waals surface area contributed by atoms with Gasteiger partial charge in [0, 0.05) is 35.0 Å². The smallest absolute Gasteiger partial charge is 0.144 e. The standard InChI is InChI=1S/C20H24N6OS/c1-11-2-3-13-17(6-11)28-20-18(13)19(24-10-25-20)26-15-7-12(9-22)14(23)8-16(15)27-5-4-21/h7-11,22H,2-6,21,23H2,1H3,(H,24,25,26). The zero-order valence-corrected chi connectivity index (χ0v) is 16.6. The van der Waals surface area contributed by atoms with Gasteiger partial charge in [-0.05, 0) is 36.8 Å². The zero-order valence-electron chi connectivity index (χ0n) is 15.8. The molecule has 1 aromatic carbocycles. The van der Waals surface area contributed by atoms with Gasteiger partial charge in [0.1, 0.15) is 29.3 Å². The third-order valence-corrected chi connectivity index (χ3v) is 6.22. The highest BCUT2D eigenvalue weighted by Gasteiger charge is 2.23. The molecular weight excluding hydrogens is 372 g/mol. The van der Waals surface area contributed by atoms with Crippen molar-refractivity contribution in [3.63, 3.8) is 0 Å². The second-order valence-corrected chi connectivity index (χ2v) is 8.22. The molecule has 2 aromatic heterocycles. The molecule has 6 N–H and O–H groups in total. The summed E-state index contributed by atoms with van der Waals surface area (Å²) in [6, 6.07) is 3.53. The number of benzene rings is 1. The van der Waals surface area contributed by atoms with E-state index < -0.39 is 0 Å². The number of nitrogens with zero attached hydrogens (tertiary/aromatic N) is 2. The summed E-state index contributed by atoms with van der Waals surface area (Å²) in [5.74, 6) is 2.06. The summed E-state index contributed by atoms with van der Waals surface area (Å²) in [4.78, 5) is 11.4. The monoisotopic (exact) mass is 396 g/mol. The maximum absolute atomic E-state index is 7.60. The molecule has 0 amide bonds. The van der Waals surface area contributed by atoms with E-state index in [1.165, 1.54) is 23.1 Å². The van der Waals surface area contributed by atoms with Crippen LogP contribution < -0.4 is 21.5 Å². The van der Waals surface area contributed by atoms with Crippen LogP contribution in [0.25, 0.3) is 10.2 Å². The molecule has 8 heteroatoms. The fourth-order valence-electron chi connectivity index (χ4n) is 3.62. The van der Waals surface area contributed by atoms with Crippen molar-refractivity contribution in [3.05, 3.63) is 34.5 Å². The first kappa shape index (κ1) is 18.6. The van der Waals surface area contributed by atoms with Crippen LogP contribution in [0.1, 0.15) is 29.3 Å². The largest absolute Gasteiger partial charge is 0.490 e. The molecule has 4 rings (SSSR count). The molecule has 0 radical (unpaired) electrons. The number of fused-ring (bicyclic) bond motifs is 3. The summed E-state index contributed by atoms with van der Waals surface area (Å²) >= 11 is 1.76. The summed E-state index contributed by atoms with van der Waals surface area (Å²) in [7, 11) is 0. The Morgan fingerprint density at radius 2 is 2.25 bits per heavy atom. The minimum atomic E-state index is 0.378. The number of nitrogens with two attached hydrogens (primary N) is 2. The van der Waals surface area contributed by atoms with Gasteiger partial charge >= 0.3 is 0 Å². The van der Waals surface area contributed by atoms with E-state index in [2.05, 4.69) is 22.2 Å². The Bertz CT molecular complexity index is 1030. The van der Waals surface area contributed by atoms with Gasteiger partial charge in [-0.1, -0.05) is 6.92 Å². The number of nitrogens with one attached hydrogen (secondary N) is 2. The highest BCUT2D eigenvalue weighted by atomic mass is 32.1. The lowest BCUT2D eigenvalue weighted by molar-refractivity contribution is 0.330. The highest BCUT2D eigenvalue weighted by Crippen LogP contribution is 2.41. The number of hydrogen-bond donors (Lipinski definition) is 4. The fraction of sp³-hybridized carbons (Fsp3) is 0.350. The molecule has 0 saturated carbocycles. The third kappa shape index (κ3) is 3.41. The Hall–Kier alpha value is -2.71. The number of aryl methyl sites for hydroxylation is 1. The van der Waals surface area contributed by atoms with Crippen LogP contribution in [0.4, 0.5) is 17.2 Å². The van der Waals surface area contributed by atoms with E-state index in [4.69, 9.17) is 21.6 Å². The van der Waals surface area contributed by atoms with Gasteiger partial charge in [0.25, 0.3) is 0 Å². The van der Waals surface area contributed by atoms with Gasteiger partial charge in [-0.25, -0.2) is 9.97 Å². The Balaban J connectivity index is 1.79. The van der Waals surface area contributed by atoms with Crippen molar-refractivity contribution in [2.75, 3.05) is 24.2 Å². The molecule has 0 bridgehead atoms. The Morgan fingerprint density at radius 3 is 3.04 bits per heavy atom. The van der Waals surface area contributed by atoms with Crippen LogP contribution in [0.15, 0.2) is 18.5 Å². The van der Waals surface area contributed by atoms with Gasteiger partial charge in [0.05, 0.1) is 11.1 Å². The quantitative estimate of drug-likeness (QED) is 0.374. The molecule has 1 aliphatic carbocycles. The van der Waals surface area contributed by atoms with Gasteiger partial charge in [-0.2, -0.15) is 0 Å². The van der Waals surface area contributed by atoms with Gasteiger partial charge in [0.2, 0.25) is 0 Å². The molecule has 0 spiro atoms. The third-order valence-electron chi connectivity index (χ3n) is 5.06. The first-order valence-electron chi connectivity index (χ1n) is 9.39. The fourth-order valence-corrected chi connectivity index (χ4v) is 4.97. The summed E-state index contributed by atoms with van der Waals surface area (Å²) in [5, 5.41) is 12.1. The molecule has 0 fully saturated rings. The number of anilines is 3. The lowest BCUT2D eigenvalue weighted by Crippen LogP contribution is -2.12. The number of hydrogen-bond acceptors (Lipinski definition) is 8. The van der Waals surface area contributed by atoms with Crippen LogP contribution in [0.5, 0.6) is 5.75 Å². The van der Waals surface area contributed by atoms with E-state index in [-0.39, 0.29) is 0 Å². The second-order valence-electron chi connectivity index (χ2n) is 7.14. The highest BCUT2D eigenvalue weighted by molar-refractivity contribution is 7.19. The summed E-state index contributed by atoms with van der Waals surface area (Å²) in [6.07, 6.45) is 6.14. The number of nitrogen functional groups attached to an aromatic ring is 1. The minimum absolute atomic E-state index is 0.378. The maximum atomic E-state index is 7.60. The Labute approximate surface area is 167 Å². The van der Waals surface area contributed by atoms with Gasteiger partial charge < -0.3 is 26.9 Å². The molecule has 28 heavy (non-hydrogen) atoms. The van der Waals surface area contributed by atoms with E-state index in [0.717, 1.165) is 28.9 Å². The summed E-state index contributed by atoms with van der Waals surface area (Å²) in [5.41, 5.74) is 14.8. The van der Waals surface area contributed by atoms with Crippen molar-refractivity contribution < 1.29 is 4.74 Å². The molecule has 146 valence electrons. The lowest BCUT2D eigenvalue weighted by atomic mass is 9.89. The number of aromatic nitrogens is 2. The molecule has 0 aliphatic heterocycles. The van der Waals surface area contributed by atoms with Crippen molar-refractivity contribution in [2.24, 2.45) is 11.7 Å². The summed E-state index contributed by atoms with van der Waals surface area (Å²) in [6.45, 7) is 3.08. The van der Waals surface area contributed by atoms with Crippen LogP contribution in [-0.2, 0) is 12.8 Å². The second kappa shape index (κ2) is 7.73. The molecule has 0 saturated heterocycles. The van der Waals surface area contributed by atoms with Crippen molar-refractivity contribution in [1.82, 2.24) is 9.97 Å². The van der Waals surface area contributed by atoms with Crippen LogP contribution in [-0.4, -0.2) is 29.3 Å². The topological polar surface area (TPSA) is 123 Å². The number of ether oxygens (including phenoxy) is 1. The molecular formula is C20H24N6OS. The van der Waals surface area contributed by atoms with Crippen molar-refractivity contribution in [2.45, 2.75) is 26.2 Å². The number of rotatable bonds is 6. The molecule has 3 aromatic rings. The van der Waals surface area contributed by atoms with Crippen molar-refractivity contribution in [1.29, 1.82) is 5.41 Å². The molecule has 2 heterocycles. The first-order chi connectivity index (χ1) is 13.6. The molecule has 1 atom stereocenters. The van der Waals surface area contributed by atoms with Crippen molar-refractivity contribution in [3.8, 4) is 5.75 Å². The SMILES string of the molecule is CC1CCc2c(sc3ncnc(Nc4cc(C=N)c(N)cc4OCCN)c23)C1. The van der Waals surface area contributed by atoms with Crippen molar-refractivity contribution >= 4 is 45.0 Å². The Kier molecular flexibility index (Phi) is 5.15. The lowest BCUT2D eigenvalue weighted by Gasteiger charge is -2.19. The van der Waals surface area contributed by atoms with E-state index in [9.17, 15) is 0 Å². The van der Waals surface area contributed by atoms with E-state index in [1.807, 2.05) is 6.07 Å². The number of thiophene rings is 1. The van der Waals surface area contributed by atoms with Gasteiger partial charge in [-0.3, -0.25) is 0 Å².